The molecule has 0 saturated carbocycles. The maximum atomic E-state index is 13.4. The summed E-state index contributed by atoms with van der Waals surface area (Å²) < 4.78 is 53.7. The number of carbonyl (C=O) groups excluding carboxylic acids is 2. The smallest absolute Gasteiger partial charge is 0.395 e. The fourth-order valence-corrected chi connectivity index (χ4v) is 1.39. The molecule has 0 rings (SSSR count). The van der Waals surface area contributed by atoms with Crippen LogP contribution < -0.4 is 10.6 Å². The molecule has 0 aliphatic heterocycles. The Morgan fingerprint density at radius 1 is 0.708 bits per heavy atom. The standard InChI is InChI=1S/C12H16F4N2O6/c13-11(14,9(23)17-5-1-3-7(19)20)12(15,16)10(24)18-6-2-4-8(21)22/h1-6H2,(H,17,23)(H,18,24)(H,19,20)(H,21,22). The van der Waals surface area contributed by atoms with Crippen molar-refractivity contribution in [3.8, 4) is 0 Å². The van der Waals surface area contributed by atoms with Gasteiger partial charge >= 0.3 is 23.8 Å². The third-order valence-corrected chi connectivity index (χ3v) is 2.67. The lowest BCUT2D eigenvalue weighted by molar-refractivity contribution is -0.211. The van der Waals surface area contributed by atoms with E-state index < -0.39 is 61.5 Å². The summed E-state index contributed by atoms with van der Waals surface area (Å²) in [5.41, 5.74) is 0. The van der Waals surface area contributed by atoms with E-state index in [0.717, 1.165) is 0 Å². The quantitative estimate of drug-likeness (QED) is 0.308. The Morgan fingerprint density at radius 3 is 1.25 bits per heavy atom. The number of carboxylic acids is 2. The van der Waals surface area contributed by atoms with E-state index in [0.29, 0.717) is 0 Å². The van der Waals surface area contributed by atoms with Gasteiger partial charge in [0, 0.05) is 25.9 Å². The van der Waals surface area contributed by atoms with Gasteiger partial charge in [0.05, 0.1) is 0 Å². The van der Waals surface area contributed by atoms with Crippen molar-refractivity contribution in [2.45, 2.75) is 37.5 Å². The molecular weight excluding hydrogens is 344 g/mol. The molecule has 4 N–H and O–H groups in total. The van der Waals surface area contributed by atoms with E-state index in [4.69, 9.17) is 10.2 Å². The van der Waals surface area contributed by atoms with Gasteiger partial charge in [0.25, 0.3) is 11.8 Å². The first-order chi connectivity index (χ1) is 10.9. The lowest BCUT2D eigenvalue weighted by atomic mass is 10.1. The summed E-state index contributed by atoms with van der Waals surface area (Å²) in [5.74, 6) is -18.1. The molecule has 0 aromatic heterocycles. The van der Waals surface area contributed by atoms with Crippen molar-refractivity contribution in [1.82, 2.24) is 10.6 Å². The SMILES string of the molecule is O=C(O)CCCNC(=O)C(F)(F)C(F)(F)C(=O)NCCCC(=O)O. The zero-order valence-electron chi connectivity index (χ0n) is 12.3. The van der Waals surface area contributed by atoms with Crippen LogP contribution in [0.25, 0.3) is 0 Å². The number of carbonyl (C=O) groups is 4. The average Bonchev–Trinajstić information content (AvgIpc) is 2.46. The van der Waals surface area contributed by atoms with E-state index in [1.54, 1.807) is 0 Å². The van der Waals surface area contributed by atoms with Crippen molar-refractivity contribution in [3.05, 3.63) is 0 Å². The highest BCUT2D eigenvalue weighted by Gasteiger charge is 2.66. The lowest BCUT2D eigenvalue weighted by Crippen LogP contribution is -2.59. The Labute approximate surface area is 133 Å². The Hall–Kier alpha value is -2.40. The number of amides is 2. The minimum absolute atomic E-state index is 0.260. The molecule has 8 nitrogen and oxygen atoms in total. The highest BCUT2D eigenvalue weighted by Crippen LogP contribution is 2.34. The van der Waals surface area contributed by atoms with Gasteiger partial charge < -0.3 is 20.8 Å². The normalized spacial score (nSPS) is 11.7. The molecule has 138 valence electrons. The highest BCUT2D eigenvalue weighted by atomic mass is 19.3. The van der Waals surface area contributed by atoms with Crippen molar-refractivity contribution < 1.29 is 47.0 Å². The van der Waals surface area contributed by atoms with Gasteiger partial charge in [-0.1, -0.05) is 0 Å². The monoisotopic (exact) mass is 360 g/mol. The van der Waals surface area contributed by atoms with E-state index in [1.165, 1.54) is 10.6 Å². The minimum Gasteiger partial charge on any atom is -0.481 e. The molecule has 0 spiro atoms. The number of aliphatic carboxylic acids is 2. The molecule has 0 unspecified atom stereocenters. The van der Waals surface area contributed by atoms with E-state index in [9.17, 15) is 36.7 Å². The molecular formula is C12H16F4N2O6. The van der Waals surface area contributed by atoms with Crippen LogP contribution in [-0.2, 0) is 19.2 Å². The first kappa shape index (κ1) is 21.6. The second-order valence-corrected chi connectivity index (χ2v) is 4.66. The predicted octanol–water partition coefficient (Wildman–Crippen LogP) is 0.219. The topological polar surface area (TPSA) is 133 Å². The van der Waals surface area contributed by atoms with Crippen molar-refractivity contribution in [2.24, 2.45) is 0 Å². The molecule has 0 aromatic carbocycles. The van der Waals surface area contributed by atoms with E-state index in [2.05, 4.69) is 0 Å². The summed E-state index contributed by atoms with van der Waals surface area (Å²) in [6.07, 6.45) is -1.45. The molecule has 24 heavy (non-hydrogen) atoms. The maximum Gasteiger partial charge on any atom is 0.395 e. The molecule has 0 atom stereocenters. The van der Waals surface area contributed by atoms with Crippen LogP contribution in [0.3, 0.4) is 0 Å². The lowest BCUT2D eigenvalue weighted by Gasteiger charge is -2.24. The van der Waals surface area contributed by atoms with Crippen LogP contribution in [0.5, 0.6) is 0 Å². The number of hydrogen-bond acceptors (Lipinski definition) is 4. The molecule has 0 bridgehead atoms. The number of hydrogen-bond donors (Lipinski definition) is 4. The summed E-state index contributed by atoms with van der Waals surface area (Å²) in [7, 11) is 0. The van der Waals surface area contributed by atoms with Gasteiger partial charge in [-0.25, -0.2) is 0 Å². The van der Waals surface area contributed by atoms with Crippen LogP contribution in [0.1, 0.15) is 25.7 Å². The molecule has 2 amide bonds. The second-order valence-electron chi connectivity index (χ2n) is 4.66. The van der Waals surface area contributed by atoms with Crippen LogP contribution >= 0.6 is 0 Å². The Morgan fingerprint density at radius 2 is 1.00 bits per heavy atom. The van der Waals surface area contributed by atoms with Gasteiger partial charge in [0.2, 0.25) is 0 Å². The van der Waals surface area contributed by atoms with E-state index in [1.807, 2.05) is 0 Å². The third kappa shape index (κ3) is 6.38. The zero-order valence-corrected chi connectivity index (χ0v) is 12.3. The number of rotatable bonds is 11. The largest absolute Gasteiger partial charge is 0.481 e. The van der Waals surface area contributed by atoms with Crippen LogP contribution in [0, 0.1) is 0 Å². The summed E-state index contributed by atoms with van der Waals surface area (Å²) in [5, 5.41) is 19.5. The third-order valence-electron chi connectivity index (χ3n) is 2.67. The van der Waals surface area contributed by atoms with Crippen LogP contribution in [0.4, 0.5) is 17.6 Å². The fraction of sp³-hybridized carbons (Fsp3) is 0.667. The molecule has 0 aliphatic rings. The van der Waals surface area contributed by atoms with Gasteiger partial charge in [-0.05, 0) is 12.8 Å². The molecule has 0 aliphatic carbocycles. The van der Waals surface area contributed by atoms with E-state index >= 15 is 0 Å². The van der Waals surface area contributed by atoms with Crippen LogP contribution in [0.2, 0.25) is 0 Å². The Kier molecular flexibility index (Phi) is 8.13. The minimum atomic E-state index is -5.35. The summed E-state index contributed by atoms with van der Waals surface area (Å²) in [6.45, 7) is -1.17. The summed E-state index contributed by atoms with van der Waals surface area (Å²) >= 11 is 0. The molecule has 0 radical (unpaired) electrons. The molecule has 0 saturated heterocycles. The summed E-state index contributed by atoms with van der Waals surface area (Å²) in [4.78, 5) is 42.6. The maximum absolute atomic E-state index is 13.4. The van der Waals surface area contributed by atoms with Crippen molar-refractivity contribution in [2.75, 3.05) is 13.1 Å². The Bertz CT molecular complexity index is 454. The van der Waals surface area contributed by atoms with Gasteiger partial charge in [0.1, 0.15) is 0 Å². The first-order valence-corrected chi connectivity index (χ1v) is 6.68. The van der Waals surface area contributed by atoms with E-state index in [-0.39, 0.29) is 12.8 Å². The summed E-state index contributed by atoms with van der Waals surface area (Å²) in [6, 6.07) is 0. The number of halogens is 4. The van der Waals surface area contributed by atoms with Gasteiger partial charge in [-0.15, -0.1) is 0 Å². The van der Waals surface area contributed by atoms with Crippen LogP contribution in [-0.4, -0.2) is 58.9 Å². The fourth-order valence-electron chi connectivity index (χ4n) is 1.39. The predicted molar refractivity (Wildman–Crippen MR) is 69.7 cm³/mol. The second kappa shape index (κ2) is 9.03. The molecule has 12 heteroatoms. The zero-order chi connectivity index (χ0) is 19.0. The van der Waals surface area contributed by atoms with Crippen molar-refractivity contribution >= 4 is 23.8 Å². The number of alkyl halides is 4. The van der Waals surface area contributed by atoms with Crippen molar-refractivity contribution in [1.29, 1.82) is 0 Å². The van der Waals surface area contributed by atoms with Gasteiger partial charge in [-0.2, -0.15) is 17.6 Å². The Balaban J connectivity index is 4.59. The van der Waals surface area contributed by atoms with Gasteiger partial charge in [0.15, 0.2) is 0 Å². The molecule has 0 aromatic rings. The first-order valence-electron chi connectivity index (χ1n) is 6.68. The number of nitrogens with one attached hydrogen (secondary N) is 2. The molecule has 0 heterocycles. The highest BCUT2D eigenvalue weighted by molar-refractivity contribution is 5.95. The van der Waals surface area contributed by atoms with Crippen LogP contribution in [0.15, 0.2) is 0 Å². The van der Waals surface area contributed by atoms with Crippen molar-refractivity contribution in [3.63, 3.8) is 0 Å². The average molecular weight is 360 g/mol. The molecule has 0 fully saturated rings. The van der Waals surface area contributed by atoms with Gasteiger partial charge in [-0.3, -0.25) is 19.2 Å². The number of carboxylic acid groups (broad SMARTS) is 2.